The van der Waals surface area contributed by atoms with E-state index in [2.05, 4.69) is 16.0 Å². The second-order valence-electron chi connectivity index (χ2n) is 13.2. The van der Waals surface area contributed by atoms with E-state index in [9.17, 15) is 44.4 Å². The molecule has 3 amide bonds. The van der Waals surface area contributed by atoms with E-state index in [-0.39, 0.29) is 67.6 Å². The molecule has 7 N–H and O–H groups in total. The quantitative estimate of drug-likeness (QED) is 0.0749. The van der Waals surface area contributed by atoms with Crippen molar-refractivity contribution in [2.45, 2.75) is 111 Å². The number of carbonyl (C=O) groups excluding carboxylic acids is 5. The van der Waals surface area contributed by atoms with Crippen LogP contribution < -0.4 is 20.7 Å². The molecule has 1 saturated heterocycles. The summed E-state index contributed by atoms with van der Waals surface area (Å²) >= 11 is 0. The first-order chi connectivity index (χ1) is 23.5. The Morgan fingerprint density at radius 2 is 1.50 bits per heavy atom. The van der Waals surface area contributed by atoms with Gasteiger partial charge >= 0.3 is 5.97 Å². The van der Waals surface area contributed by atoms with E-state index in [0.717, 1.165) is 0 Å². The predicted molar refractivity (Wildman–Crippen MR) is 178 cm³/mol. The molecule has 0 unspecified atom stereocenters. The number of benzene rings is 1. The van der Waals surface area contributed by atoms with Gasteiger partial charge in [-0.15, -0.1) is 0 Å². The van der Waals surface area contributed by atoms with Crippen LogP contribution in [0.5, 0.6) is 5.75 Å². The Kier molecular flexibility index (Phi) is 17.2. The number of rotatable bonds is 19. The van der Waals surface area contributed by atoms with Crippen LogP contribution in [-0.4, -0.2) is 113 Å². The molecule has 16 nitrogen and oxygen atoms in total. The van der Waals surface area contributed by atoms with Crippen molar-refractivity contribution in [1.82, 2.24) is 10.6 Å². The molecule has 1 aliphatic heterocycles. The molecular formula is C34H53N3O13. The largest absolute Gasteiger partial charge is 0.461 e. The zero-order valence-corrected chi connectivity index (χ0v) is 29.7. The molecule has 50 heavy (non-hydrogen) atoms. The number of carbonyl (C=O) groups is 5. The Morgan fingerprint density at radius 3 is 2.10 bits per heavy atom. The van der Waals surface area contributed by atoms with E-state index < -0.39 is 73.1 Å². The molecule has 0 saturated carbocycles. The van der Waals surface area contributed by atoms with Gasteiger partial charge in [-0.1, -0.05) is 47.6 Å². The van der Waals surface area contributed by atoms with E-state index in [4.69, 9.17) is 18.9 Å². The van der Waals surface area contributed by atoms with Crippen LogP contribution in [0.15, 0.2) is 18.2 Å². The summed E-state index contributed by atoms with van der Waals surface area (Å²) < 4.78 is 21.9. The summed E-state index contributed by atoms with van der Waals surface area (Å²) in [6.07, 6.45) is -7.74. The molecule has 7 atom stereocenters. The number of esters is 1. The van der Waals surface area contributed by atoms with Gasteiger partial charge < -0.3 is 55.3 Å². The molecule has 0 aliphatic carbocycles. The fourth-order valence-corrected chi connectivity index (χ4v) is 4.59. The normalized spacial score (nSPS) is 21.8. The number of aliphatic hydroxyl groups is 4. The van der Waals surface area contributed by atoms with Gasteiger partial charge in [0.2, 0.25) is 24.0 Å². The van der Waals surface area contributed by atoms with E-state index in [1.54, 1.807) is 47.6 Å². The van der Waals surface area contributed by atoms with E-state index >= 15 is 0 Å². The third-order valence-electron chi connectivity index (χ3n) is 7.88. The number of ketones is 1. The standard InChI is InChI=1S/C34H53N3O13/c1-17(2)23(39)10-12-47-13-11-26(40)37-27(18(3)4)32(45)35-20(7)31(44)36-22-9-8-21(16-48-33(46)19(5)6)14-24(22)49-34-30(43)29(42)28(41)25(15-38)50-34/h8-9,14,17-20,25,27-30,34,38,41-43H,10-13,15-16H2,1-7H3,(H,35,45)(H,36,44)(H,37,40)/t20-,25+,27-,28+,29-,30+,34+/m0/s1. The molecule has 0 radical (unpaired) electrons. The highest BCUT2D eigenvalue weighted by atomic mass is 16.7. The number of anilines is 1. The van der Waals surface area contributed by atoms with Crippen LogP contribution in [0.4, 0.5) is 5.69 Å². The average Bonchev–Trinajstić information content (AvgIpc) is 3.06. The number of amides is 3. The van der Waals surface area contributed by atoms with Gasteiger partial charge in [0.15, 0.2) is 0 Å². The summed E-state index contributed by atoms with van der Waals surface area (Å²) in [5.41, 5.74) is 0.485. The lowest BCUT2D eigenvalue weighted by molar-refractivity contribution is -0.277. The first-order valence-corrected chi connectivity index (χ1v) is 16.7. The molecule has 0 spiro atoms. The fourth-order valence-electron chi connectivity index (χ4n) is 4.59. The molecule has 1 aromatic carbocycles. The van der Waals surface area contributed by atoms with Crippen molar-refractivity contribution in [1.29, 1.82) is 0 Å². The summed E-state index contributed by atoms with van der Waals surface area (Å²) in [4.78, 5) is 62.7. The van der Waals surface area contributed by atoms with Gasteiger partial charge in [0, 0.05) is 18.8 Å². The first-order valence-electron chi connectivity index (χ1n) is 16.7. The monoisotopic (exact) mass is 711 g/mol. The Hall–Kier alpha value is -3.67. The lowest BCUT2D eigenvalue weighted by Crippen LogP contribution is -2.60. The Morgan fingerprint density at radius 1 is 0.840 bits per heavy atom. The maximum absolute atomic E-state index is 13.3. The zero-order valence-electron chi connectivity index (χ0n) is 29.7. The van der Waals surface area contributed by atoms with E-state index in [1.807, 2.05) is 0 Å². The molecular weight excluding hydrogens is 658 g/mol. The van der Waals surface area contributed by atoms with Crippen molar-refractivity contribution in [2.75, 3.05) is 25.1 Å². The van der Waals surface area contributed by atoms with Gasteiger partial charge in [-0.2, -0.15) is 0 Å². The van der Waals surface area contributed by atoms with Crippen molar-refractivity contribution in [3.05, 3.63) is 23.8 Å². The van der Waals surface area contributed by atoms with Crippen LogP contribution in [0.2, 0.25) is 0 Å². The number of ether oxygens (including phenoxy) is 4. The lowest BCUT2D eigenvalue weighted by atomic mass is 9.99. The van der Waals surface area contributed by atoms with E-state index in [0.29, 0.717) is 5.56 Å². The lowest BCUT2D eigenvalue weighted by Gasteiger charge is -2.39. The number of hydrogen-bond donors (Lipinski definition) is 7. The third-order valence-corrected chi connectivity index (χ3v) is 7.88. The van der Waals surface area contributed by atoms with Crippen molar-refractivity contribution >= 4 is 35.2 Å². The average molecular weight is 712 g/mol. The summed E-state index contributed by atoms with van der Waals surface area (Å²) in [5, 5.41) is 48.3. The maximum Gasteiger partial charge on any atom is 0.308 e. The van der Waals surface area contributed by atoms with Crippen LogP contribution in [0.3, 0.4) is 0 Å². The van der Waals surface area contributed by atoms with Crippen LogP contribution in [-0.2, 0) is 44.8 Å². The number of aliphatic hydroxyl groups excluding tert-OH is 4. The molecule has 16 heteroatoms. The second-order valence-corrected chi connectivity index (χ2v) is 13.2. The number of Topliss-reactive ketones (excluding diaryl/α,β-unsaturated/α-hetero) is 1. The highest BCUT2D eigenvalue weighted by Gasteiger charge is 2.45. The highest BCUT2D eigenvalue weighted by Crippen LogP contribution is 2.31. The number of nitrogens with one attached hydrogen (secondary N) is 3. The minimum atomic E-state index is -1.75. The minimum Gasteiger partial charge on any atom is -0.461 e. The van der Waals surface area contributed by atoms with Crippen molar-refractivity contribution < 1.29 is 63.3 Å². The number of hydrogen-bond acceptors (Lipinski definition) is 13. The molecule has 282 valence electrons. The van der Waals surface area contributed by atoms with Crippen LogP contribution in [0.25, 0.3) is 0 Å². The summed E-state index contributed by atoms with van der Waals surface area (Å²) in [6.45, 7) is 11.2. The minimum absolute atomic E-state index is 0.0354. The smallest absolute Gasteiger partial charge is 0.308 e. The van der Waals surface area contributed by atoms with E-state index in [1.165, 1.54) is 19.1 Å². The summed E-state index contributed by atoms with van der Waals surface area (Å²) in [6, 6.07) is 2.29. The fraction of sp³-hybridized carbons (Fsp3) is 0.676. The second kappa shape index (κ2) is 20.2. The first kappa shape index (κ1) is 42.5. The summed E-state index contributed by atoms with van der Waals surface area (Å²) in [5.74, 6) is -3.04. The highest BCUT2D eigenvalue weighted by molar-refractivity contribution is 5.99. The van der Waals surface area contributed by atoms with Gasteiger partial charge in [0.05, 0.1) is 31.4 Å². The van der Waals surface area contributed by atoms with Crippen molar-refractivity contribution in [2.24, 2.45) is 17.8 Å². The topological polar surface area (TPSA) is 239 Å². The molecule has 1 heterocycles. The van der Waals surface area contributed by atoms with Gasteiger partial charge in [0.25, 0.3) is 0 Å². The molecule has 0 aromatic heterocycles. The Balaban J connectivity index is 2.12. The van der Waals surface area contributed by atoms with Crippen molar-refractivity contribution in [3.63, 3.8) is 0 Å². The van der Waals surface area contributed by atoms with Gasteiger partial charge in [-0.25, -0.2) is 0 Å². The van der Waals surface area contributed by atoms with Crippen LogP contribution >= 0.6 is 0 Å². The zero-order chi connectivity index (χ0) is 37.7. The molecule has 2 rings (SSSR count). The van der Waals surface area contributed by atoms with Gasteiger partial charge in [-0.3, -0.25) is 24.0 Å². The molecule has 1 aliphatic rings. The Labute approximate surface area is 292 Å². The molecule has 0 bridgehead atoms. The predicted octanol–water partition coefficient (Wildman–Crippen LogP) is 0.170. The van der Waals surface area contributed by atoms with Crippen LogP contribution in [0.1, 0.15) is 66.9 Å². The SMILES string of the molecule is CC(C)C(=O)CCOCCC(=O)N[C@H](C(=O)N[C@@H](C)C(=O)Nc1ccc(COC(=O)C(C)C)cc1O[C@@H]1O[C@H](CO)[C@@H](O)[C@H](O)[C@H]1O)C(C)C. The van der Waals surface area contributed by atoms with Crippen molar-refractivity contribution in [3.8, 4) is 5.75 Å². The van der Waals surface area contributed by atoms with Crippen LogP contribution in [0, 0.1) is 17.8 Å². The maximum atomic E-state index is 13.3. The summed E-state index contributed by atoms with van der Waals surface area (Å²) in [7, 11) is 0. The Bertz CT molecular complexity index is 1300. The molecule has 1 aromatic rings. The van der Waals surface area contributed by atoms with Gasteiger partial charge in [0.1, 0.15) is 54.6 Å². The molecule has 1 fully saturated rings. The van der Waals surface area contributed by atoms with Gasteiger partial charge in [-0.05, 0) is 30.5 Å². The third kappa shape index (κ3) is 12.9.